The fourth-order valence-electron chi connectivity index (χ4n) is 5.81. The van der Waals surface area contributed by atoms with Crippen molar-refractivity contribution in [2.24, 2.45) is 0 Å². The molecule has 8 atom stereocenters. The van der Waals surface area contributed by atoms with Crippen molar-refractivity contribution in [1.82, 2.24) is 40.0 Å². The predicted molar refractivity (Wildman–Crippen MR) is 151 cm³/mol. The molecule has 1 aromatic carbocycles. The number of benzene rings is 1. The van der Waals surface area contributed by atoms with E-state index in [1.165, 1.54) is 28.9 Å². The highest BCUT2D eigenvalue weighted by Crippen LogP contribution is 2.51. The van der Waals surface area contributed by atoms with Crippen molar-refractivity contribution in [2.75, 3.05) is 38.4 Å². The Bertz CT molecular complexity index is 1610. The monoisotopic (exact) mass is 637 g/mol. The van der Waals surface area contributed by atoms with Crippen molar-refractivity contribution in [1.29, 1.82) is 0 Å². The summed E-state index contributed by atoms with van der Waals surface area (Å²) in [6, 6.07) is 1.69. The van der Waals surface area contributed by atoms with E-state index in [1.54, 1.807) is 12.3 Å². The molecule has 0 aliphatic carbocycles. The molecule has 236 valence electrons. The number of aliphatic hydroxyl groups excluding tert-OH is 3. The van der Waals surface area contributed by atoms with Gasteiger partial charge in [0.2, 0.25) is 0 Å². The highest BCUT2D eigenvalue weighted by atomic mass is 32.2. The Labute approximate surface area is 251 Å². The molecule has 5 heterocycles. The molecule has 18 heteroatoms. The smallest absolute Gasteiger partial charge is 0.194 e. The highest BCUT2D eigenvalue weighted by molar-refractivity contribution is 8.18. The lowest BCUT2D eigenvalue weighted by Gasteiger charge is -2.51. The quantitative estimate of drug-likeness (QED) is 0.138. The molecule has 2 aliphatic heterocycles. The van der Waals surface area contributed by atoms with Gasteiger partial charge in [0.25, 0.3) is 0 Å². The molecule has 6 rings (SSSR count). The third kappa shape index (κ3) is 5.52. The molecule has 44 heavy (non-hydrogen) atoms. The maximum Gasteiger partial charge on any atom is 0.194 e. The molecule has 14 nitrogen and oxygen atoms in total. The number of hydrogen-bond donors (Lipinski definition) is 5. The summed E-state index contributed by atoms with van der Waals surface area (Å²) in [5, 5.41) is 48.7. The topological polar surface area (TPSA) is 192 Å². The second-order valence-corrected chi connectivity index (χ2v) is 13.3. The first-order valence-corrected chi connectivity index (χ1v) is 15.3. The molecule has 3 aromatic heterocycles. The van der Waals surface area contributed by atoms with Crippen molar-refractivity contribution in [3.8, 4) is 22.8 Å². The van der Waals surface area contributed by atoms with E-state index in [2.05, 4.69) is 30.6 Å². The molecule has 0 amide bonds. The van der Waals surface area contributed by atoms with Gasteiger partial charge in [-0.05, 0) is 18.2 Å². The zero-order valence-electron chi connectivity index (χ0n) is 23.2. The summed E-state index contributed by atoms with van der Waals surface area (Å²) in [5.41, 5.74) is 6.12. The number of nitrogens with zero attached hydrogens (tertiary/aromatic N) is 8. The van der Waals surface area contributed by atoms with Crippen LogP contribution in [0.2, 0.25) is 0 Å². The molecule has 2 fully saturated rings. The third-order valence-electron chi connectivity index (χ3n) is 8.07. The summed E-state index contributed by atoms with van der Waals surface area (Å²) in [4.78, 5) is 8.31. The third-order valence-corrected chi connectivity index (χ3v) is 11.5. The lowest BCUT2D eigenvalue weighted by molar-refractivity contribution is -0.0339. The van der Waals surface area contributed by atoms with Gasteiger partial charge in [-0.25, -0.2) is 43.4 Å². The van der Waals surface area contributed by atoms with E-state index in [-0.39, 0.29) is 36.1 Å². The van der Waals surface area contributed by atoms with Crippen LogP contribution >= 0.6 is 10.9 Å². The number of hydrogen-bond acceptors (Lipinski definition) is 12. The van der Waals surface area contributed by atoms with Gasteiger partial charge in [0, 0.05) is 35.1 Å². The molecule has 1 unspecified atom stereocenters. The Morgan fingerprint density at radius 1 is 1.05 bits per heavy atom. The van der Waals surface area contributed by atoms with Gasteiger partial charge < -0.3 is 30.5 Å². The van der Waals surface area contributed by atoms with E-state index in [1.807, 2.05) is 0 Å². The minimum Gasteiger partial charge on any atom is -0.395 e. The fourth-order valence-corrected chi connectivity index (χ4v) is 9.29. The van der Waals surface area contributed by atoms with E-state index in [4.69, 9.17) is 15.2 Å². The number of nitrogens with two attached hydrogens (primary N) is 1. The van der Waals surface area contributed by atoms with E-state index >= 15 is 0 Å². The molecule has 0 spiro atoms. The number of ether oxygens (including phenoxy) is 2. The summed E-state index contributed by atoms with van der Waals surface area (Å²) in [6.07, 6.45) is 1.65. The number of methoxy groups -OCH3 is 1. The van der Waals surface area contributed by atoms with E-state index in [0.29, 0.717) is 11.4 Å². The van der Waals surface area contributed by atoms with Gasteiger partial charge in [0.05, 0.1) is 50.5 Å². The number of nitrogen functional groups attached to an aromatic ring is 1. The van der Waals surface area contributed by atoms with E-state index in [0.717, 1.165) is 12.1 Å². The zero-order chi connectivity index (χ0) is 31.1. The molecule has 0 radical (unpaired) electrons. The van der Waals surface area contributed by atoms with Crippen LogP contribution in [0.4, 0.5) is 19.0 Å². The number of thiol groups is 1. The summed E-state index contributed by atoms with van der Waals surface area (Å²) >= 11 is 0. The summed E-state index contributed by atoms with van der Waals surface area (Å²) in [7, 11) is 0.157. The van der Waals surface area contributed by atoms with Gasteiger partial charge in [-0.3, -0.25) is 0 Å². The maximum absolute atomic E-state index is 13.8. The van der Waals surface area contributed by atoms with Gasteiger partial charge in [0.1, 0.15) is 29.3 Å². The summed E-state index contributed by atoms with van der Waals surface area (Å²) < 4.78 is 55.6. The van der Waals surface area contributed by atoms with Crippen molar-refractivity contribution < 1.29 is 38.0 Å². The molecule has 5 N–H and O–H groups in total. The second kappa shape index (κ2) is 12.4. The van der Waals surface area contributed by atoms with Crippen LogP contribution in [-0.4, -0.2) is 117 Å². The predicted octanol–water partition coefficient (Wildman–Crippen LogP) is 0.287. The van der Waals surface area contributed by atoms with Crippen molar-refractivity contribution in [3.05, 3.63) is 54.2 Å². The Morgan fingerprint density at radius 2 is 1.75 bits per heavy atom. The molecule has 2 aliphatic rings. The van der Waals surface area contributed by atoms with Crippen LogP contribution in [0.5, 0.6) is 0 Å². The average Bonchev–Trinajstić information content (AvgIpc) is 3.70. The molecular weight excluding hydrogens is 607 g/mol. The van der Waals surface area contributed by atoms with Gasteiger partial charge in [-0.1, -0.05) is 10.4 Å². The first-order chi connectivity index (χ1) is 21.2. The van der Waals surface area contributed by atoms with Crippen LogP contribution < -0.4 is 5.73 Å². The summed E-state index contributed by atoms with van der Waals surface area (Å²) in [5.74, 6) is -3.45. The lowest BCUT2D eigenvalue weighted by atomic mass is 10.0. The standard InChI is InChI=1S/C26H30F3N9O5S/c1-42-18-11-44(20-10-43-9-17(24(20)40)37-7-16(34-35-37)26-31-3-2-21(30)32-26)19(8-39)25(41)23(18)38-6-15(33-36-38)12-4-13(27)22(29)14(28)5-12/h2-7,17-20,23-25,39-41,44H,8-11H2,1H3,(H2,30,31,32)/t17-,18-,19+,20+,23+,24+,25-/m0/s1. The van der Waals surface area contributed by atoms with Gasteiger partial charge in [0.15, 0.2) is 23.3 Å². The molecule has 0 saturated carbocycles. The zero-order valence-corrected chi connectivity index (χ0v) is 24.1. The highest BCUT2D eigenvalue weighted by Gasteiger charge is 2.49. The maximum atomic E-state index is 13.8. The van der Waals surface area contributed by atoms with Crippen LogP contribution in [-0.2, 0) is 9.47 Å². The molecule has 2 saturated heterocycles. The SMILES string of the molecule is CO[C@H]1C[SH]([C@@H]2COC[C@H](n3cc(-c4nccc(N)n4)nn3)[C@H]2O)[C@H](CO)[C@H](O)[C@@H]1n1cc(-c2cc(F)c(F)c(F)c2)nn1. The average molecular weight is 638 g/mol. The Kier molecular flexibility index (Phi) is 8.53. The Morgan fingerprint density at radius 3 is 2.45 bits per heavy atom. The minimum atomic E-state index is -1.60. The Hall–Kier alpha value is -3.68. The van der Waals surface area contributed by atoms with Gasteiger partial charge in [-0.2, -0.15) is 0 Å². The first kappa shape index (κ1) is 30.4. The normalized spacial score (nSPS) is 30.0. The van der Waals surface area contributed by atoms with E-state index in [9.17, 15) is 28.5 Å². The van der Waals surface area contributed by atoms with E-state index < -0.39 is 75.8 Å². The number of aromatic nitrogens is 8. The van der Waals surface area contributed by atoms with Crippen LogP contribution in [0.15, 0.2) is 36.8 Å². The minimum absolute atomic E-state index is 0.0417. The number of rotatable bonds is 7. The van der Waals surface area contributed by atoms with Gasteiger partial charge >= 0.3 is 0 Å². The fraction of sp³-hybridized carbons (Fsp3) is 0.462. The van der Waals surface area contributed by atoms with Crippen LogP contribution in [0.1, 0.15) is 12.1 Å². The Balaban J connectivity index is 1.23. The number of aliphatic hydroxyl groups is 3. The van der Waals surface area contributed by atoms with Crippen molar-refractivity contribution in [3.63, 3.8) is 0 Å². The lowest BCUT2D eigenvalue weighted by Crippen LogP contribution is -2.55. The second-order valence-electron chi connectivity index (χ2n) is 10.6. The van der Waals surface area contributed by atoms with Crippen LogP contribution in [0.3, 0.4) is 0 Å². The van der Waals surface area contributed by atoms with Crippen molar-refractivity contribution >= 4 is 16.7 Å². The van der Waals surface area contributed by atoms with Crippen LogP contribution in [0, 0.1) is 17.5 Å². The van der Waals surface area contributed by atoms with Gasteiger partial charge in [-0.15, -0.1) is 10.2 Å². The number of halogens is 3. The summed E-state index contributed by atoms with van der Waals surface area (Å²) in [6.45, 7) is -0.0664. The molecular formula is C26H30F3N9O5S. The molecule has 0 bridgehead atoms. The molecule has 4 aromatic rings. The first-order valence-electron chi connectivity index (χ1n) is 13.6. The van der Waals surface area contributed by atoms with Crippen LogP contribution in [0.25, 0.3) is 22.8 Å². The van der Waals surface area contributed by atoms with Crippen molar-refractivity contribution in [2.45, 2.75) is 40.9 Å². The number of anilines is 1. The largest absolute Gasteiger partial charge is 0.395 e.